The summed E-state index contributed by atoms with van der Waals surface area (Å²) in [6, 6.07) is 43.6. The van der Waals surface area contributed by atoms with E-state index in [1.807, 2.05) is 0 Å². The van der Waals surface area contributed by atoms with Crippen molar-refractivity contribution in [1.29, 1.82) is 0 Å². The molecule has 1 aliphatic rings. The molecule has 0 amide bonds. The number of hydrogen-bond acceptors (Lipinski definition) is 1. The van der Waals surface area contributed by atoms with Crippen molar-refractivity contribution in [3.8, 4) is 0 Å². The maximum Gasteiger partial charge on any atom is 0.134 e. The average Bonchev–Trinajstić information content (AvgIpc) is 2.90. The molecule has 1 aliphatic carbocycles. The maximum atomic E-state index is 13.5. The van der Waals surface area contributed by atoms with E-state index in [1.165, 1.54) is 21.2 Å². The second-order valence-electron chi connectivity index (χ2n) is 9.88. The lowest BCUT2D eigenvalue weighted by molar-refractivity contribution is -0.121. The van der Waals surface area contributed by atoms with Crippen LogP contribution in [-0.4, -0.2) is 17.1 Å². The van der Waals surface area contributed by atoms with Crippen LogP contribution in [0.5, 0.6) is 0 Å². The Bertz CT molecular complexity index is 1060. The zero-order chi connectivity index (χ0) is 24.3. The van der Waals surface area contributed by atoms with Crippen LogP contribution in [-0.2, 0) is 4.79 Å². The minimum absolute atomic E-state index is 0.0112. The number of rotatable bonds is 6. The summed E-state index contributed by atoms with van der Waals surface area (Å²) in [4.78, 5) is 13.5. The van der Waals surface area contributed by atoms with Gasteiger partial charge in [0.2, 0.25) is 0 Å². The quantitative estimate of drug-likeness (QED) is 0.284. The molecule has 3 heteroatoms. The first-order chi connectivity index (χ1) is 17.1. The highest BCUT2D eigenvalue weighted by molar-refractivity contribution is 7.75. The average molecular weight is 495 g/mol. The molecule has 4 aromatic rings. The Hall–Kier alpha value is -2.59. The largest absolute Gasteiger partial charge is 0.300 e. The number of carbonyl (C=O) groups excluding carboxylic acids is 1. The molecule has 4 aromatic carbocycles. The molecule has 0 aliphatic heterocycles. The van der Waals surface area contributed by atoms with Crippen molar-refractivity contribution >= 4 is 42.8 Å². The molecule has 0 radical (unpaired) electrons. The van der Waals surface area contributed by atoms with Gasteiger partial charge in [-0.2, -0.15) is 0 Å². The second-order valence-corrected chi connectivity index (χ2v) is 14.7. The van der Waals surface area contributed by atoms with E-state index in [1.54, 1.807) is 0 Å². The molecular formula is C32H32OP2. The van der Waals surface area contributed by atoms with Crippen LogP contribution in [0.2, 0.25) is 0 Å². The summed E-state index contributed by atoms with van der Waals surface area (Å²) in [5, 5.41) is 5.46. The molecule has 0 aromatic heterocycles. The Morgan fingerprint density at radius 2 is 0.771 bits per heavy atom. The van der Waals surface area contributed by atoms with Crippen molar-refractivity contribution in [2.45, 2.75) is 38.0 Å². The minimum atomic E-state index is -0.683. The van der Waals surface area contributed by atoms with Crippen LogP contribution in [0.3, 0.4) is 0 Å². The van der Waals surface area contributed by atoms with Crippen LogP contribution in [0.15, 0.2) is 121 Å². The molecule has 0 bridgehead atoms. The van der Waals surface area contributed by atoms with Gasteiger partial charge in [0, 0.05) is 12.8 Å². The predicted molar refractivity (Wildman–Crippen MR) is 154 cm³/mol. The number of Topliss-reactive ketones (excluding diaryl/α,β-unsaturated/α-hetero) is 1. The minimum Gasteiger partial charge on any atom is -0.300 e. The normalized spacial score (nSPS) is 19.7. The molecular weight excluding hydrogens is 462 g/mol. The molecule has 2 atom stereocenters. The van der Waals surface area contributed by atoms with Gasteiger partial charge in [-0.1, -0.05) is 135 Å². The molecule has 35 heavy (non-hydrogen) atoms. The highest BCUT2D eigenvalue weighted by Gasteiger charge is 2.50. The summed E-state index contributed by atoms with van der Waals surface area (Å²) in [6.07, 6.45) is 1.32. The van der Waals surface area contributed by atoms with Gasteiger partial charge in [0.05, 0.1) is 0 Å². The molecule has 1 saturated carbocycles. The van der Waals surface area contributed by atoms with Gasteiger partial charge in [-0.25, -0.2) is 0 Å². The van der Waals surface area contributed by atoms with Crippen LogP contribution >= 0.6 is 15.8 Å². The maximum absolute atomic E-state index is 13.5. The van der Waals surface area contributed by atoms with Crippen LogP contribution in [0, 0.1) is 5.41 Å². The lowest BCUT2D eigenvalue weighted by Gasteiger charge is -2.51. The van der Waals surface area contributed by atoms with Crippen molar-refractivity contribution in [2.75, 3.05) is 0 Å². The van der Waals surface area contributed by atoms with E-state index >= 15 is 0 Å². The van der Waals surface area contributed by atoms with E-state index in [0.29, 0.717) is 18.6 Å². The molecule has 5 rings (SSSR count). The van der Waals surface area contributed by atoms with Gasteiger partial charge in [-0.15, -0.1) is 0 Å². The van der Waals surface area contributed by atoms with Crippen molar-refractivity contribution in [3.63, 3.8) is 0 Å². The summed E-state index contributed by atoms with van der Waals surface area (Å²) in [7, 11) is -1.37. The predicted octanol–water partition coefficient (Wildman–Crippen LogP) is 6.38. The third kappa shape index (κ3) is 5.04. The second kappa shape index (κ2) is 10.6. The summed E-state index contributed by atoms with van der Waals surface area (Å²) < 4.78 is 0. The molecule has 0 heterocycles. The lowest BCUT2D eigenvalue weighted by atomic mass is 9.76. The highest BCUT2D eigenvalue weighted by Crippen LogP contribution is 2.60. The van der Waals surface area contributed by atoms with E-state index in [2.05, 4.69) is 135 Å². The Morgan fingerprint density at radius 1 is 0.514 bits per heavy atom. The molecule has 1 fully saturated rings. The van der Waals surface area contributed by atoms with Gasteiger partial charge in [-0.05, 0) is 53.8 Å². The summed E-state index contributed by atoms with van der Waals surface area (Å²) >= 11 is 0. The van der Waals surface area contributed by atoms with E-state index in [-0.39, 0.29) is 16.7 Å². The Balaban J connectivity index is 1.64. The first-order valence-electron chi connectivity index (χ1n) is 12.4. The Kier molecular flexibility index (Phi) is 7.29. The van der Waals surface area contributed by atoms with Gasteiger partial charge in [-0.3, -0.25) is 4.79 Å². The zero-order valence-corrected chi connectivity index (χ0v) is 22.2. The molecule has 0 N–H and O–H groups in total. The summed E-state index contributed by atoms with van der Waals surface area (Å²) in [5.41, 5.74) is 0.555. The van der Waals surface area contributed by atoms with Crippen molar-refractivity contribution < 1.29 is 4.79 Å². The fourth-order valence-electron chi connectivity index (χ4n) is 5.48. The van der Waals surface area contributed by atoms with E-state index in [0.717, 1.165) is 0 Å². The van der Waals surface area contributed by atoms with Crippen LogP contribution in [0.4, 0.5) is 0 Å². The van der Waals surface area contributed by atoms with Crippen LogP contribution < -0.4 is 21.2 Å². The first-order valence-corrected chi connectivity index (χ1v) is 15.2. The van der Waals surface area contributed by atoms with Crippen molar-refractivity contribution in [3.05, 3.63) is 121 Å². The number of hydrogen-bond donors (Lipinski definition) is 0. The van der Waals surface area contributed by atoms with Gasteiger partial charge in [0.25, 0.3) is 0 Å². The van der Waals surface area contributed by atoms with E-state index in [4.69, 9.17) is 0 Å². The van der Waals surface area contributed by atoms with E-state index in [9.17, 15) is 4.79 Å². The van der Waals surface area contributed by atoms with Gasteiger partial charge < -0.3 is 0 Å². The SMILES string of the molecule is CC1(C)C(P(c2ccccc2)c2ccccc2)CC(=O)CC1P(c1ccccc1)c1ccccc1. The van der Waals surface area contributed by atoms with E-state index < -0.39 is 15.8 Å². The zero-order valence-electron chi connectivity index (χ0n) is 20.4. The fraction of sp³-hybridized carbons (Fsp3) is 0.219. The highest BCUT2D eigenvalue weighted by atomic mass is 31.1. The fourth-order valence-corrected chi connectivity index (χ4v) is 12.1. The monoisotopic (exact) mass is 494 g/mol. The van der Waals surface area contributed by atoms with Gasteiger partial charge in [0.15, 0.2) is 0 Å². The third-order valence-electron chi connectivity index (χ3n) is 7.32. The lowest BCUT2D eigenvalue weighted by Crippen LogP contribution is -2.49. The van der Waals surface area contributed by atoms with Crippen LogP contribution in [0.1, 0.15) is 26.7 Å². The molecule has 176 valence electrons. The number of ketones is 1. The van der Waals surface area contributed by atoms with Crippen molar-refractivity contribution in [1.82, 2.24) is 0 Å². The number of benzene rings is 4. The summed E-state index contributed by atoms with van der Waals surface area (Å²) in [5.74, 6) is 0.415. The number of carbonyl (C=O) groups is 1. The standard InChI is InChI=1S/C32H32OP2/c1-32(2)30(34(26-15-7-3-8-16-26)27-17-9-4-10-18-27)23-25(33)24-31(32)35(28-19-11-5-12-20-28)29-21-13-6-14-22-29/h3-22,30-31H,23-24H2,1-2H3. The molecule has 0 saturated heterocycles. The molecule has 1 nitrogen and oxygen atoms in total. The Labute approximate surface area is 212 Å². The first kappa shape index (κ1) is 24.1. The van der Waals surface area contributed by atoms with Gasteiger partial charge >= 0.3 is 0 Å². The smallest absolute Gasteiger partial charge is 0.134 e. The van der Waals surface area contributed by atoms with Gasteiger partial charge in [0.1, 0.15) is 5.78 Å². The summed E-state index contributed by atoms with van der Waals surface area (Å²) in [6.45, 7) is 4.88. The molecule has 2 unspecified atom stereocenters. The van der Waals surface area contributed by atoms with Crippen molar-refractivity contribution in [2.24, 2.45) is 5.41 Å². The topological polar surface area (TPSA) is 17.1 Å². The third-order valence-corrected chi connectivity index (χ3v) is 13.7. The molecule has 0 spiro atoms. The Morgan fingerprint density at radius 3 is 1.03 bits per heavy atom. The van der Waals surface area contributed by atoms with Crippen LogP contribution in [0.25, 0.3) is 0 Å².